The van der Waals surface area contributed by atoms with Gasteiger partial charge in [-0.1, -0.05) is 17.7 Å². The highest BCUT2D eigenvalue weighted by molar-refractivity contribution is 7.89. The van der Waals surface area contributed by atoms with Gasteiger partial charge in [0.05, 0.1) is 5.02 Å². The van der Waals surface area contributed by atoms with Crippen LogP contribution in [0.5, 0.6) is 0 Å². The number of halogens is 1. The van der Waals surface area contributed by atoms with Gasteiger partial charge in [-0.05, 0) is 38.0 Å². The molecule has 0 aliphatic carbocycles. The van der Waals surface area contributed by atoms with Crippen LogP contribution >= 0.6 is 11.6 Å². The van der Waals surface area contributed by atoms with Gasteiger partial charge in [0.25, 0.3) is 0 Å². The van der Waals surface area contributed by atoms with Crippen molar-refractivity contribution in [2.75, 3.05) is 13.2 Å². The molecule has 0 amide bonds. The summed E-state index contributed by atoms with van der Waals surface area (Å²) in [6.07, 6.45) is 0.385. The van der Waals surface area contributed by atoms with E-state index >= 15 is 0 Å². The minimum atomic E-state index is -3.68. The zero-order chi connectivity index (χ0) is 15.3. The quantitative estimate of drug-likeness (QED) is 0.799. The van der Waals surface area contributed by atoms with Crippen molar-refractivity contribution in [2.24, 2.45) is 5.73 Å². The Morgan fingerprint density at radius 3 is 2.50 bits per heavy atom. The predicted octanol–water partition coefficient (Wildman–Crippen LogP) is 1.58. The summed E-state index contributed by atoms with van der Waals surface area (Å²) in [4.78, 5) is 0.0722. The fourth-order valence-electron chi connectivity index (χ4n) is 1.89. The van der Waals surface area contributed by atoms with Crippen molar-refractivity contribution in [1.82, 2.24) is 4.31 Å². The highest BCUT2D eigenvalue weighted by Gasteiger charge is 2.28. The number of aliphatic hydroxyl groups is 1. The Hall–Kier alpha value is -0.660. The number of hydrogen-bond acceptors (Lipinski definition) is 4. The van der Waals surface area contributed by atoms with E-state index in [1.807, 2.05) is 0 Å². The molecule has 0 spiro atoms. The Morgan fingerprint density at radius 1 is 1.40 bits per heavy atom. The molecule has 0 heterocycles. The zero-order valence-electron chi connectivity index (χ0n) is 11.7. The monoisotopic (exact) mass is 320 g/mol. The third-order valence-corrected chi connectivity index (χ3v) is 5.49. The second-order valence-corrected chi connectivity index (χ2v) is 7.02. The molecule has 3 N–H and O–H groups in total. The van der Waals surface area contributed by atoms with Gasteiger partial charge in [-0.3, -0.25) is 0 Å². The van der Waals surface area contributed by atoms with Crippen LogP contribution < -0.4 is 5.73 Å². The van der Waals surface area contributed by atoms with E-state index in [0.29, 0.717) is 13.0 Å². The van der Waals surface area contributed by atoms with Crippen LogP contribution in [0.4, 0.5) is 0 Å². The molecule has 0 aliphatic rings. The summed E-state index contributed by atoms with van der Waals surface area (Å²) in [6.45, 7) is 4.08. The number of aliphatic hydroxyl groups excluding tert-OH is 1. The summed E-state index contributed by atoms with van der Waals surface area (Å²) >= 11 is 6.06. The molecule has 7 heteroatoms. The summed E-state index contributed by atoms with van der Waals surface area (Å²) in [6, 6.07) is 4.49. The highest BCUT2D eigenvalue weighted by atomic mass is 35.5. The molecule has 20 heavy (non-hydrogen) atoms. The lowest BCUT2D eigenvalue weighted by atomic mass is 10.2. The number of benzene rings is 1. The fraction of sp³-hybridized carbons (Fsp3) is 0.538. The van der Waals surface area contributed by atoms with Crippen LogP contribution in [0, 0.1) is 0 Å². The minimum absolute atomic E-state index is 0.0570. The summed E-state index contributed by atoms with van der Waals surface area (Å²) in [5.74, 6) is 0. The molecule has 0 saturated heterocycles. The first-order valence-electron chi connectivity index (χ1n) is 6.45. The maximum absolute atomic E-state index is 12.6. The van der Waals surface area contributed by atoms with Crippen molar-refractivity contribution in [1.29, 1.82) is 0 Å². The van der Waals surface area contributed by atoms with Crippen LogP contribution in [0.25, 0.3) is 0 Å². The van der Waals surface area contributed by atoms with Gasteiger partial charge < -0.3 is 10.8 Å². The molecule has 0 unspecified atom stereocenters. The highest BCUT2D eigenvalue weighted by Crippen LogP contribution is 2.27. The second kappa shape index (κ2) is 7.38. The van der Waals surface area contributed by atoms with E-state index < -0.39 is 10.0 Å². The molecule has 0 aliphatic heterocycles. The summed E-state index contributed by atoms with van der Waals surface area (Å²) in [7, 11) is -3.68. The molecule has 1 aromatic rings. The van der Waals surface area contributed by atoms with Gasteiger partial charge in [0.2, 0.25) is 10.0 Å². The molecule has 0 aromatic heterocycles. The number of nitrogens with zero attached hydrogens (tertiary/aromatic N) is 1. The van der Waals surface area contributed by atoms with E-state index in [0.717, 1.165) is 5.56 Å². The normalized spacial score (nSPS) is 12.3. The molecular formula is C13H21ClN2O3S. The molecule has 114 valence electrons. The molecule has 0 radical (unpaired) electrons. The Labute approximate surface area is 125 Å². The van der Waals surface area contributed by atoms with E-state index in [4.69, 9.17) is 22.4 Å². The first-order valence-corrected chi connectivity index (χ1v) is 8.27. The Balaban J connectivity index is 3.19. The molecule has 0 fully saturated rings. The topological polar surface area (TPSA) is 83.6 Å². The van der Waals surface area contributed by atoms with Crippen molar-refractivity contribution < 1.29 is 13.5 Å². The van der Waals surface area contributed by atoms with E-state index in [2.05, 4.69) is 0 Å². The summed E-state index contributed by atoms with van der Waals surface area (Å²) < 4.78 is 26.6. The molecule has 5 nitrogen and oxygen atoms in total. The van der Waals surface area contributed by atoms with Crippen LogP contribution in [0.3, 0.4) is 0 Å². The minimum Gasteiger partial charge on any atom is -0.396 e. The molecule has 0 saturated carbocycles. The molecule has 0 bridgehead atoms. The van der Waals surface area contributed by atoms with Gasteiger partial charge >= 0.3 is 0 Å². The third kappa shape index (κ3) is 3.93. The van der Waals surface area contributed by atoms with Gasteiger partial charge in [-0.2, -0.15) is 4.31 Å². The Bertz CT molecular complexity index is 547. The van der Waals surface area contributed by atoms with Crippen molar-refractivity contribution in [2.45, 2.75) is 37.8 Å². The van der Waals surface area contributed by atoms with Crippen molar-refractivity contribution >= 4 is 21.6 Å². The molecule has 0 atom stereocenters. The van der Waals surface area contributed by atoms with E-state index in [-0.39, 0.29) is 29.1 Å². The Kier molecular flexibility index (Phi) is 6.42. The van der Waals surface area contributed by atoms with E-state index in [1.54, 1.807) is 26.0 Å². The van der Waals surface area contributed by atoms with Crippen LogP contribution in [-0.2, 0) is 16.6 Å². The first-order chi connectivity index (χ1) is 9.34. The maximum atomic E-state index is 12.6. The average Bonchev–Trinajstić information content (AvgIpc) is 2.37. The van der Waals surface area contributed by atoms with E-state index in [1.165, 1.54) is 10.4 Å². The number of hydrogen-bond donors (Lipinski definition) is 2. The van der Waals surface area contributed by atoms with Crippen LogP contribution in [-0.4, -0.2) is 37.0 Å². The molecular weight excluding hydrogens is 300 g/mol. The van der Waals surface area contributed by atoms with Gasteiger partial charge in [0.1, 0.15) is 4.90 Å². The number of sulfonamides is 1. The summed E-state index contributed by atoms with van der Waals surface area (Å²) in [5.41, 5.74) is 6.28. The SMILES string of the molecule is CC(C)N(CCCO)S(=O)(=O)c1ccc(CN)cc1Cl. The van der Waals surface area contributed by atoms with Crippen LogP contribution in [0.15, 0.2) is 23.1 Å². The standard InChI is InChI=1S/C13H21ClN2O3S/c1-10(2)16(6-3-7-17)20(18,19)13-5-4-11(9-15)8-12(13)14/h4-5,8,10,17H,3,6-7,9,15H2,1-2H3. The van der Waals surface area contributed by atoms with Crippen molar-refractivity contribution in [3.05, 3.63) is 28.8 Å². The Morgan fingerprint density at radius 2 is 2.05 bits per heavy atom. The molecule has 1 aromatic carbocycles. The number of nitrogens with two attached hydrogens (primary N) is 1. The smallest absolute Gasteiger partial charge is 0.244 e. The zero-order valence-corrected chi connectivity index (χ0v) is 13.3. The largest absolute Gasteiger partial charge is 0.396 e. The van der Waals surface area contributed by atoms with Gasteiger partial charge in [-0.15, -0.1) is 0 Å². The van der Waals surface area contributed by atoms with Gasteiger partial charge in [-0.25, -0.2) is 8.42 Å². The lowest BCUT2D eigenvalue weighted by Crippen LogP contribution is -2.38. The molecule has 1 rings (SSSR count). The second-order valence-electron chi connectivity index (χ2n) is 4.76. The predicted molar refractivity (Wildman–Crippen MR) is 80.1 cm³/mol. The van der Waals surface area contributed by atoms with Crippen LogP contribution in [0.2, 0.25) is 5.02 Å². The maximum Gasteiger partial charge on any atom is 0.244 e. The van der Waals surface area contributed by atoms with Gasteiger partial charge in [0.15, 0.2) is 0 Å². The average molecular weight is 321 g/mol. The summed E-state index contributed by atoms with van der Waals surface area (Å²) in [5, 5.41) is 9.06. The van der Waals surface area contributed by atoms with Crippen molar-refractivity contribution in [3.8, 4) is 0 Å². The first kappa shape index (κ1) is 17.4. The fourth-order valence-corrected chi connectivity index (χ4v) is 4.11. The lowest BCUT2D eigenvalue weighted by Gasteiger charge is -2.26. The lowest BCUT2D eigenvalue weighted by molar-refractivity contribution is 0.258. The van der Waals surface area contributed by atoms with E-state index in [9.17, 15) is 8.42 Å². The van der Waals surface area contributed by atoms with Crippen LogP contribution in [0.1, 0.15) is 25.8 Å². The van der Waals surface area contributed by atoms with Gasteiger partial charge in [0, 0.05) is 25.7 Å². The third-order valence-electron chi connectivity index (χ3n) is 2.93. The number of rotatable bonds is 7. The van der Waals surface area contributed by atoms with Crippen molar-refractivity contribution in [3.63, 3.8) is 0 Å².